The lowest BCUT2D eigenvalue weighted by atomic mass is 10.1. The number of nitrogens with zero attached hydrogens (tertiary/aromatic N) is 6. The van der Waals surface area contributed by atoms with Crippen LogP contribution in [0.25, 0.3) is 22.0 Å². The van der Waals surface area contributed by atoms with Gasteiger partial charge in [0.1, 0.15) is 5.82 Å². The average Bonchev–Trinajstić information content (AvgIpc) is 3.53. The first-order chi connectivity index (χ1) is 15.9. The molecule has 0 radical (unpaired) electrons. The number of nitrogens with two attached hydrogens (primary N) is 1. The summed E-state index contributed by atoms with van der Waals surface area (Å²) >= 11 is 0. The fourth-order valence-corrected chi connectivity index (χ4v) is 4.23. The van der Waals surface area contributed by atoms with E-state index in [2.05, 4.69) is 20.5 Å². The van der Waals surface area contributed by atoms with Crippen LogP contribution in [0.5, 0.6) is 0 Å². The number of aromatic nitrogens is 5. The molecule has 3 N–H and O–H groups in total. The Labute approximate surface area is 190 Å². The number of fused-ring (bicyclic) bond motifs is 1. The first-order valence-corrected chi connectivity index (χ1v) is 10.7. The van der Waals surface area contributed by atoms with Gasteiger partial charge in [0, 0.05) is 62.1 Å². The van der Waals surface area contributed by atoms with Crippen LogP contribution in [0, 0.1) is 0 Å². The van der Waals surface area contributed by atoms with Crippen molar-refractivity contribution in [3.8, 4) is 11.1 Å². The highest BCUT2D eigenvalue weighted by molar-refractivity contribution is 6.05. The van der Waals surface area contributed by atoms with Crippen LogP contribution in [0.3, 0.4) is 0 Å². The number of hydrogen-bond acceptors (Lipinski definition) is 6. The lowest BCUT2D eigenvalue weighted by molar-refractivity contribution is 0.0778. The van der Waals surface area contributed by atoms with E-state index < -0.39 is 0 Å². The van der Waals surface area contributed by atoms with E-state index in [1.54, 1.807) is 32.7 Å². The summed E-state index contributed by atoms with van der Waals surface area (Å²) in [4.78, 5) is 32.0. The van der Waals surface area contributed by atoms with Crippen molar-refractivity contribution in [3.63, 3.8) is 0 Å². The molecule has 0 bridgehead atoms. The first-order valence-electron chi connectivity index (χ1n) is 10.7. The van der Waals surface area contributed by atoms with E-state index in [9.17, 15) is 9.59 Å². The number of para-hydroxylation sites is 1. The highest BCUT2D eigenvalue weighted by atomic mass is 16.2. The maximum atomic E-state index is 13.1. The summed E-state index contributed by atoms with van der Waals surface area (Å²) in [6, 6.07) is 9.18. The normalized spacial score (nSPS) is 15.8. The van der Waals surface area contributed by atoms with Gasteiger partial charge in [-0.05, 0) is 18.6 Å². The number of carbonyl (C=O) groups is 2. The zero-order valence-electron chi connectivity index (χ0n) is 18.4. The Morgan fingerprint density at radius 2 is 1.97 bits per heavy atom. The highest BCUT2D eigenvalue weighted by Gasteiger charge is 2.31. The maximum absolute atomic E-state index is 13.1. The van der Waals surface area contributed by atoms with Gasteiger partial charge in [-0.1, -0.05) is 18.2 Å². The van der Waals surface area contributed by atoms with Gasteiger partial charge in [-0.25, -0.2) is 4.98 Å². The summed E-state index contributed by atoms with van der Waals surface area (Å²) in [5.74, 6) is -0.289. The molecule has 2 amide bonds. The number of pyridine rings is 1. The van der Waals surface area contributed by atoms with Crippen LogP contribution in [0.1, 0.15) is 27.3 Å². The predicted molar refractivity (Wildman–Crippen MR) is 123 cm³/mol. The van der Waals surface area contributed by atoms with Crippen molar-refractivity contribution < 1.29 is 9.59 Å². The molecule has 0 saturated carbocycles. The van der Waals surface area contributed by atoms with Crippen molar-refractivity contribution in [3.05, 3.63) is 60.2 Å². The second-order valence-electron chi connectivity index (χ2n) is 8.26. The number of likely N-dealkylation sites (tertiary alicyclic amines) is 1. The van der Waals surface area contributed by atoms with Crippen molar-refractivity contribution in [2.75, 3.05) is 18.8 Å². The summed E-state index contributed by atoms with van der Waals surface area (Å²) < 4.78 is 3.39. The summed E-state index contributed by atoms with van der Waals surface area (Å²) in [5, 5.41) is 12.4. The number of aryl methyl sites for hydroxylation is 2. The van der Waals surface area contributed by atoms with Gasteiger partial charge >= 0.3 is 0 Å². The van der Waals surface area contributed by atoms with Gasteiger partial charge in [0.15, 0.2) is 5.69 Å². The van der Waals surface area contributed by atoms with E-state index in [1.807, 2.05) is 44.6 Å². The van der Waals surface area contributed by atoms with Crippen LogP contribution >= 0.6 is 0 Å². The average molecular weight is 444 g/mol. The van der Waals surface area contributed by atoms with Gasteiger partial charge in [0.05, 0.1) is 17.3 Å². The Morgan fingerprint density at radius 1 is 1.15 bits per heavy atom. The third-order valence-corrected chi connectivity index (χ3v) is 5.97. The third kappa shape index (κ3) is 3.79. The van der Waals surface area contributed by atoms with Gasteiger partial charge < -0.3 is 16.0 Å². The number of amides is 2. The summed E-state index contributed by atoms with van der Waals surface area (Å²) in [6.45, 7) is 0.948. The second kappa shape index (κ2) is 8.05. The Bertz CT molecular complexity index is 1370. The number of carbonyl (C=O) groups excluding carboxylic acids is 2. The number of rotatable bonds is 4. The quantitative estimate of drug-likeness (QED) is 0.493. The SMILES string of the molecule is Cn1cc(-c2cnc(N)c(C(=O)N[C@@H]3CCN(C(=O)c4nn(C)c5ccccc45)C3)c2)cn1. The molecule has 1 saturated heterocycles. The monoisotopic (exact) mass is 444 g/mol. The molecule has 0 unspecified atom stereocenters. The van der Waals surface area contributed by atoms with E-state index in [0.717, 1.165) is 22.0 Å². The molecule has 1 atom stereocenters. The van der Waals surface area contributed by atoms with Crippen molar-refractivity contribution in [1.82, 2.24) is 34.8 Å². The predicted octanol–water partition coefficient (Wildman–Crippen LogP) is 1.60. The van der Waals surface area contributed by atoms with E-state index in [-0.39, 0.29) is 23.7 Å². The topological polar surface area (TPSA) is 124 Å². The molecule has 0 spiro atoms. The second-order valence-corrected chi connectivity index (χ2v) is 8.26. The molecule has 0 aliphatic carbocycles. The van der Waals surface area contributed by atoms with Crippen molar-refractivity contribution in [2.45, 2.75) is 12.5 Å². The van der Waals surface area contributed by atoms with Crippen LogP contribution in [0.15, 0.2) is 48.9 Å². The van der Waals surface area contributed by atoms with Crippen LogP contribution in [-0.2, 0) is 14.1 Å². The minimum absolute atomic E-state index is 0.136. The van der Waals surface area contributed by atoms with Gasteiger partial charge in [-0.3, -0.25) is 19.0 Å². The lowest BCUT2D eigenvalue weighted by Crippen LogP contribution is -2.39. The van der Waals surface area contributed by atoms with E-state index in [0.29, 0.717) is 30.8 Å². The molecule has 1 fully saturated rings. The smallest absolute Gasteiger partial charge is 0.275 e. The van der Waals surface area contributed by atoms with Crippen molar-refractivity contribution in [2.24, 2.45) is 14.1 Å². The number of anilines is 1. The molecular formula is C23H24N8O2. The molecule has 33 heavy (non-hydrogen) atoms. The molecular weight excluding hydrogens is 420 g/mol. The van der Waals surface area contributed by atoms with Gasteiger partial charge in [0.2, 0.25) is 0 Å². The van der Waals surface area contributed by atoms with Crippen LogP contribution in [-0.4, -0.2) is 60.4 Å². The minimum Gasteiger partial charge on any atom is -0.383 e. The molecule has 10 heteroatoms. The maximum Gasteiger partial charge on any atom is 0.275 e. The van der Waals surface area contributed by atoms with Gasteiger partial charge in [0.25, 0.3) is 11.8 Å². The van der Waals surface area contributed by atoms with E-state index in [4.69, 9.17) is 5.73 Å². The zero-order chi connectivity index (χ0) is 23.1. The minimum atomic E-state index is -0.312. The molecule has 5 rings (SSSR count). The van der Waals surface area contributed by atoms with E-state index >= 15 is 0 Å². The summed E-state index contributed by atoms with van der Waals surface area (Å²) in [7, 11) is 3.65. The summed E-state index contributed by atoms with van der Waals surface area (Å²) in [5.41, 5.74) is 9.23. The largest absolute Gasteiger partial charge is 0.383 e. The lowest BCUT2D eigenvalue weighted by Gasteiger charge is -2.17. The fourth-order valence-electron chi connectivity index (χ4n) is 4.23. The Morgan fingerprint density at radius 3 is 2.76 bits per heavy atom. The molecule has 1 aromatic carbocycles. The number of nitrogens with one attached hydrogen (secondary N) is 1. The van der Waals surface area contributed by atoms with Crippen molar-refractivity contribution >= 4 is 28.5 Å². The molecule has 10 nitrogen and oxygen atoms in total. The van der Waals surface area contributed by atoms with Gasteiger partial charge in [-0.15, -0.1) is 0 Å². The molecule has 4 heterocycles. The highest BCUT2D eigenvalue weighted by Crippen LogP contribution is 2.23. The van der Waals surface area contributed by atoms with Gasteiger partial charge in [-0.2, -0.15) is 10.2 Å². The Kier molecular flexibility index (Phi) is 5.04. The number of benzene rings is 1. The fraction of sp³-hybridized carbons (Fsp3) is 0.261. The molecule has 3 aromatic heterocycles. The molecule has 4 aromatic rings. The number of nitrogen functional groups attached to an aromatic ring is 1. The Hall–Kier alpha value is -4.21. The third-order valence-electron chi connectivity index (χ3n) is 5.97. The summed E-state index contributed by atoms with van der Waals surface area (Å²) in [6.07, 6.45) is 5.82. The van der Waals surface area contributed by atoms with Crippen molar-refractivity contribution in [1.29, 1.82) is 0 Å². The Balaban J connectivity index is 1.30. The molecule has 168 valence electrons. The van der Waals surface area contributed by atoms with Crippen LogP contribution in [0.4, 0.5) is 5.82 Å². The zero-order valence-corrected chi connectivity index (χ0v) is 18.4. The first kappa shape index (κ1) is 20.7. The standard InChI is InChI=1S/C23H24N8O2/c1-29-12-15(11-26-29)14-9-18(21(24)25-10-14)22(32)27-16-7-8-31(13-16)23(33)20-17-5-3-4-6-19(17)30(2)28-20/h3-6,9-12,16H,7-8,13H2,1-2H3,(H2,24,25)(H,27,32)/t16-/m1/s1. The van der Waals surface area contributed by atoms with Crippen LogP contribution in [0.2, 0.25) is 0 Å². The van der Waals surface area contributed by atoms with E-state index in [1.165, 1.54) is 0 Å². The molecule has 1 aliphatic heterocycles. The molecule has 1 aliphatic rings. The van der Waals surface area contributed by atoms with Crippen LogP contribution < -0.4 is 11.1 Å². The number of hydrogen-bond donors (Lipinski definition) is 2.